The Bertz CT molecular complexity index is 1040. The number of hydrogen-bond donors (Lipinski definition) is 1. The van der Waals surface area contributed by atoms with Crippen molar-refractivity contribution < 1.29 is 19.0 Å². The fraction of sp³-hybridized carbons (Fsp3) is 0.273. The molecule has 0 spiro atoms. The number of carbonyl (C=O) groups excluding carboxylic acids is 1. The van der Waals surface area contributed by atoms with Crippen LogP contribution in [0.15, 0.2) is 47.8 Å². The normalized spacial score (nSPS) is 13.7. The molecule has 1 aromatic heterocycles. The van der Waals surface area contributed by atoms with Gasteiger partial charge in [0, 0.05) is 35.7 Å². The van der Waals surface area contributed by atoms with E-state index in [0.717, 1.165) is 22.6 Å². The number of fused-ring (bicyclic) bond motifs is 1. The van der Waals surface area contributed by atoms with E-state index < -0.39 is 0 Å². The number of nitrogens with zero attached hydrogens (tertiary/aromatic N) is 2. The van der Waals surface area contributed by atoms with Gasteiger partial charge in [-0.15, -0.1) is 11.3 Å². The lowest BCUT2D eigenvalue weighted by Crippen LogP contribution is -2.34. The van der Waals surface area contributed by atoms with Crippen LogP contribution < -0.4 is 19.5 Å². The van der Waals surface area contributed by atoms with Crippen molar-refractivity contribution in [3.63, 3.8) is 0 Å². The number of amides is 1. The van der Waals surface area contributed by atoms with Crippen LogP contribution in [-0.4, -0.2) is 49.7 Å². The summed E-state index contributed by atoms with van der Waals surface area (Å²) in [6, 6.07) is 13.5. The van der Waals surface area contributed by atoms with Gasteiger partial charge in [-0.3, -0.25) is 9.69 Å². The highest BCUT2D eigenvalue weighted by Gasteiger charge is 2.18. The van der Waals surface area contributed by atoms with Gasteiger partial charge in [0.15, 0.2) is 5.13 Å². The van der Waals surface area contributed by atoms with Gasteiger partial charge in [0.05, 0.1) is 26.5 Å². The van der Waals surface area contributed by atoms with Crippen LogP contribution in [0, 0.1) is 0 Å². The van der Waals surface area contributed by atoms with Crippen molar-refractivity contribution in [2.24, 2.45) is 0 Å². The molecule has 8 heteroatoms. The second kappa shape index (κ2) is 9.15. The van der Waals surface area contributed by atoms with Crippen molar-refractivity contribution in [1.82, 2.24) is 9.88 Å². The maximum Gasteiger partial charge on any atom is 0.240 e. The van der Waals surface area contributed by atoms with Gasteiger partial charge < -0.3 is 19.5 Å². The number of thiazole rings is 1. The number of methoxy groups -OCH3 is 2. The first-order valence-corrected chi connectivity index (χ1v) is 10.4. The number of aromatic nitrogens is 1. The molecular formula is C22H23N3O4S. The summed E-state index contributed by atoms with van der Waals surface area (Å²) in [5, 5.41) is 5.36. The molecule has 0 atom stereocenters. The van der Waals surface area contributed by atoms with Crippen LogP contribution in [-0.2, 0) is 11.3 Å². The number of benzene rings is 2. The molecule has 156 valence electrons. The largest absolute Gasteiger partial charge is 0.497 e. The number of rotatable bonds is 6. The van der Waals surface area contributed by atoms with Crippen LogP contribution in [0.3, 0.4) is 0 Å². The molecule has 2 aromatic carbocycles. The first-order chi connectivity index (χ1) is 14.7. The highest BCUT2D eigenvalue weighted by Crippen LogP contribution is 2.34. The van der Waals surface area contributed by atoms with Gasteiger partial charge >= 0.3 is 0 Å². The van der Waals surface area contributed by atoms with Crippen LogP contribution in [0.2, 0.25) is 0 Å². The zero-order chi connectivity index (χ0) is 20.9. The van der Waals surface area contributed by atoms with E-state index in [0.29, 0.717) is 36.3 Å². The molecule has 0 saturated carbocycles. The van der Waals surface area contributed by atoms with Gasteiger partial charge in [-0.25, -0.2) is 4.98 Å². The average Bonchev–Trinajstić information content (AvgIpc) is 3.12. The predicted molar refractivity (Wildman–Crippen MR) is 116 cm³/mol. The van der Waals surface area contributed by atoms with E-state index in [1.54, 1.807) is 14.2 Å². The second-order valence-electron chi connectivity index (χ2n) is 6.82. The van der Waals surface area contributed by atoms with Crippen molar-refractivity contribution in [3.8, 4) is 28.5 Å². The Balaban J connectivity index is 1.41. The van der Waals surface area contributed by atoms with Crippen molar-refractivity contribution in [2.45, 2.75) is 6.54 Å². The first-order valence-electron chi connectivity index (χ1n) is 9.57. The molecule has 1 amide bonds. The third kappa shape index (κ3) is 4.55. The predicted octanol–water partition coefficient (Wildman–Crippen LogP) is 3.66. The summed E-state index contributed by atoms with van der Waals surface area (Å²) in [6.45, 7) is 2.20. The van der Waals surface area contributed by atoms with Gasteiger partial charge in [0.25, 0.3) is 0 Å². The number of ether oxygens (including phenoxy) is 3. The van der Waals surface area contributed by atoms with Crippen LogP contribution >= 0.6 is 11.3 Å². The molecule has 4 rings (SSSR count). The van der Waals surface area contributed by atoms with Crippen molar-refractivity contribution in [2.75, 3.05) is 39.2 Å². The minimum Gasteiger partial charge on any atom is -0.497 e. The van der Waals surface area contributed by atoms with E-state index in [1.807, 2.05) is 47.8 Å². The quantitative estimate of drug-likeness (QED) is 0.650. The van der Waals surface area contributed by atoms with Gasteiger partial charge in [-0.1, -0.05) is 18.2 Å². The summed E-state index contributed by atoms with van der Waals surface area (Å²) in [5.41, 5.74) is 2.68. The number of nitrogens with one attached hydrogen (secondary N) is 1. The second-order valence-corrected chi connectivity index (χ2v) is 7.68. The molecular weight excluding hydrogens is 402 g/mol. The lowest BCUT2D eigenvalue weighted by atomic mass is 10.1. The van der Waals surface area contributed by atoms with E-state index in [9.17, 15) is 4.79 Å². The molecule has 0 bridgehead atoms. The van der Waals surface area contributed by atoms with E-state index in [4.69, 9.17) is 14.2 Å². The van der Waals surface area contributed by atoms with Crippen molar-refractivity contribution in [1.29, 1.82) is 0 Å². The number of carbonyl (C=O) groups is 1. The Morgan fingerprint density at radius 3 is 2.93 bits per heavy atom. The molecule has 0 saturated heterocycles. The van der Waals surface area contributed by atoms with E-state index in [-0.39, 0.29) is 12.5 Å². The molecule has 0 aliphatic carbocycles. The molecule has 7 nitrogen and oxygen atoms in total. The lowest BCUT2D eigenvalue weighted by molar-refractivity contribution is -0.117. The molecule has 30 heavy (non-hydrogen) atoms. The van der Waals surface area contributed by atoms with E-state index in [1.165, 1.54) is 11.3 Å². The molecule has 1 aliphatic heterocycles. The lowest BCUT2D eigenvalue weighted by Gasteiger charge is -2.18. The maximum absolute atomic E-state index is 12.6. The first kappa shape index (κ1) is 20.2. The maximum atomic E-state index is 12.6. The highest BCUT2D eigenvalue weighted by atomic mass is 32.1. The van der Waals surface area contributed by atoms with E-state index >= 15 is 0 Å². The fourth-order valence-corrected chi connectivity index (χ4v) is 4.07. The third-order valence-corrected chi connectivity index (χ3v) is 5.59. The highest BCUT2D eigenvalue weighted by molar-refractivity contribution is 7.14. The molecule has 0 fully saturated rings. The summed E-state index contributed by atoms with van der Waals surface area (Å²) in [6.07, 6.45) is 0. The summed E-state index contributed by atoms with van der Waals surface area (Å²) in [7, 11) is 3.22. The van der Waals surface area contributed by atoms with Crippen LogP contribution in [0.4, 0.5) is 5.13 Å². The fourth-order valence-electron chi connectivity index (χ4n) is 3.34. The number of para-hydroxylation sites is 1. The zero-order valence-corrected chi connectivity index (χ0v) is 17.7. The van der Waals surface area contributed by atoms with Crippen LogP contribution in [0.1, 0.15) is 5.56 Å². The average molecular weight is 426 g/mol. The topological polar surface area (TPSA) is 72.9 Å². The van der Waals surface area contributed by atoms with Crippen molar-refractivity contribution >= 4 is 22.4 Å². The Hall–Kier alpha value is -3.10. The van der Waals surface area contributed by atoms with Gasteiger partial charge in [-0.05, 0) is 18.2 Å². The summed E-state index contributed by atoms with van der Waals surface area (Å²) in [4.78, 5) is 19.2. The van der Waals surface area contributed by atoms with Gasteiger partial charge in [0.1, 0.15) is 23.9 Å². The number of anilines is 1. The van der Waals surface area contributed by atoms with Crippen LogP contribution in [0.5, 0.6) is 17.2 Å². The molecule has 3 aromatic rings. The third-order valence-electron chi connectivity index (χ3n) is 4.83. The van der Waals surface area contributed by atoms with Gasteiger partial charge in [0.2, 0.25) is 5.91 Å². The molecule has 1 N–H and O–H groups in total. The Morgan fingerprint density at radius 1 is 1.23 bits per heavy atom. The minimum atomic E-state index is -0.100. The monoisotopic (exact) mass is 425 g/mol. The zero-order valence-electron chi connectivity index (χ0n) is 16.9. The number of hydrogen-bond acceptors (Lipinski definition) is 7. The molecule has 0 radical (unpaired) electrons. The summed E-state index contributed by atoms with van der Waals surface area (Å²) >= 11 is 1.38. The Labute approximate surface area is 179 Å². The molecule has 2 heterocycles. The standard InChI is InChI=1S/C22H23N3O4S/c1-27-16-7-8-17(20(11-16)28-2)18-14-30-22(23-18)24-21(26)13-25-9-10-29-19-6-4-3-5-15(19)12-25/h3-8,11,14H,9-10,12-13H2,1-2H3,(H,23,24,26). The Morgan fingerprint density at radius 2 is 2.10 bits per heavy atom. The smallest absolute Gasteiger partial charge is 0.240 e. The van der Waals surface area contributed by atoms with Gasteiger partial charge in [-0.2, -0.15) is 0 Å². The van der Waals surface area contributed by atoms with Crippen LogP contribution in [0.25, 0.3) is 11.3 Å². The summed E-state index contributed by atoms with van der Waals surface area (Å²) < 4.78 is 16.5. The minimum absolute atomic E-state index is 0.100. The molecule has 0 unspecified atom stereocenters. The van der Waals surface area contributed by atoms with E-state index in [2.05, 4.69) is 15.2 Å². The van der Waals surface area contributed by atoms with Crippen molar-refractivity contribution in [3.05, 3.63) is 53.4 Å². The SMILES string of the molecule is COc1ccc(-c2csc(NC(=O)CN3CCOc4ccccc4C3)n2)c(OC)c1. The summed E-state index contributed by atoms with van der Waals surface area (Å²) in [5.74, 6) is 2.17. The Kier molecular flexibility index (Phi) is 6.15. The molecule has 1 aliphatic rings.